The Bertz CT molecular complexity index is 1010. The number of benzene rings is 1. The number of aliphatic carboxylic acids is 1. The van der Waals surface area contributed by atoms with Crippen molar-refractivity contribution in [3.05, 3.63) is 35.9 Å². The first kappa shape index (κ1) is 32.8. The van der Waals surface area contributed by atoms with Crippen LogP contribution in [0.3, 0.4) is 0 Å². The average molecular weight is 549 g/mol. The van der Waals surface area contributed by atoms with Crippen LogP contribution in [0.4, 0.5) is 0 Å². The lowest BCUT2D eigenvalue weighted by atomic mass is 10.00. The van der Waals surface area contributed by atoms with Gasteiger partial charge in [-0.2, -0.15) is 0 Å². The van der Waals surface area contributed by atoms with E-state index in [2.05, 4.69) is 20.9 Å². The first-order valence-electron chi connectivity index (χ1n) is 12.6. The van der Waals surface area contributed by atoms with Crippen LogP contribution in [0.25, 0.3) is 0 Å². The molecule has 0 aliphatic carbocycles. The Labute approximate surface area is 227 Å². The van der Waals surface area contributed by atoms with Crippen LogP contribution in [0.2, 0.25) is 0 Å². The van der Waals surface area contributed by atoms with Gasteiger partial charge in [-0.25, -0.2) is 4.79 Å². The van der Waals surface area contributed by atoms with Gasteiger partial charge in [-0.1, -0.05) is 44.2 Å². The van der Waals surface area contributed by atoms with E-state index in [-0.39, 0.29) is 38.2 Å². The summed E-state index contributed by atoms with van der Waals surface area (Å²) >= 11 is 0. The Hall–Kier alpha value is -4.20. The Kier molecular flexibility index (Phi) is 14.0. The summed E-state index contributed by atoms with van der Waals surface area (Å²) in [7, 11) is 0. The second kappa shape index (κ2) is 16.6. The highest BCUT2D eigenvalue weighted by Gasteiger charge is 2.32. The highest BCUT2D eigenvalue weighted by molar-refractivity contribution is 5.94. The van der Waals surface area contributed by atoms with Crippen molar-refractivity contribution >= 4 is 35.6 Å². The van der Waals surface area contributed by atoms with Gasteiger partial charge < -0.3 is 44.0 Å². The van der Waals surface area contributed by atoms with Gasteiger partial charge in [-0.05, 0) is 30.7 Å². The molecule has 216 valence electrons. The van der Waals surface area contributed by atoms with Gasteiger partial charge in [0, 0.05) is 19.4 Å². The fourth-order valence-corrected chi connectivity index (χ4v) is 3.58. The van der Waals surface area contributed by atoms with Crippen molar-refractivity contribution in [2.75, 3.05) is 6.54 Å². The summed E-state index contributed by atoms with van der Waals surface area (Å²) in [5.41, 5.74) is 22.3. The molecular weight excluding hydrogens is 508 g/mol. The van der Waals surface area contributed by atoms with Crippen LogP contribution in [0, 0.1) is 5.92 Å². The second-order valence-corrected chi connectivity index (χ2v) is 9.44. The molecule has 0 radical (unpaired) electrons. The predicted octanol–water partition coefficient (Wildman–Crippen LogP) is -1.93. The molecule has 14 heteroatoms. The van der Waals surface area contributed by atoms with E-state index in [4.69, 9.17) is 22.9 Å². The lowest BCUT2D eigenvalue weighted by Gasteiger charge is -2.27. The molecule has 1 rings (SSSR count). The largest absolute Gasteiger partial charge is 0.480 e. The van der Waals surface area contributed by atoms with E-state index in [1.807, 2.05) is 0 Å². The molecule has 0 fully saturated rings. The number of carboxylic acid groups (broad SMARTS) is 1. The normalized spacial score (nSPS) is 13.8. The molecule has 39 heavy (non-hydrogen) atoms. The predicted molar refractivity (Wildman–Crippen MR) is 145 cm³/mol. The standard InChI is InChI=1S/C25H40N8O6/c1-14(2)20(23(37)32-18(24(38)39)13-15-7-4-3-5-8-15)33-22(36)17(9-6-12-30-25(28)29)31-21(35)16(26)10-11-19(27)34/h3-5,7-8,14,16-18,20H,6,9-13,26H2,1-2H3,(H2,27,34)(H,31,35)(H,32,37)(H,33,36)(H,38,39)(H4,28,29,30). The molecule has 0 saturated carbocycles. The summed E-state index contributed by atoms with van der Waals surface area (Å²) in [5, 5.41) is 17.3. The van der Waals surface area contributed by atoms with E-state index in [0.717, 1.165) is 0 Å². The van der Waals surface area contributed by atoms with Crippen LogP contribution in [0.5, 0.6) is 0 Å². The zero-order valence-corrected chi connectivity index (χ0v) is 22.3. The smallest absolute Gasteiger partial charge is 0.326 e. The summed E-state index contributed by atoms with van der Waals surface area (Å²) in [6, 6.07) is 4.26. The van der Waals surface area contributed by atoms with E-state index < -0.39 is 59.7 Å². The van der Waals surface area contributed by atoms with Gasteiger partial charge in [0.15, 0.2) is 5.96 Å². The number of nitrogens with zero attached hydrogens (tertiary/aromatic N) is 1. The topological polar surface area (TPSA) is 258 Å². The van der Waals surface area contributed by atoms with Crippen molar-refractivity contribution in [2.24, 2.45) is 33.8 Å². The van der Waals surface area contributed by atoms with Gasteiger partial charge in [0.25, 0.3) is 0 Å². The van der Waals surface area contributed by atoms with Crippen molar-refractivity contribution in [3.8, 4) is 0 Å². The molecule has 12 N–H and O–H groups in total. The van der Waals surface area contributed by atoms with Crippen molar-refractivity contribution in [2.45, 2.75) is 70.1 Å². The lowest BCUT2D eigenvalue weighted by Crippen LogP contribution is -2.58. The molecule has 0 saturated heterocycles. The number of aliphatic imine (C=N–C) groups is 1. The van der Waals surface area contributed by atoms with Crippen LogP contribution in [0.15, 0.2) is 35.3 Å². The van der Waals surface area contributed by atoms with Gasteiger partial charge in [-0.3, -0.25) is 24.2 Å². The summed E-state index contributed by atoms with van der Waals surface area (Å²) in [6.45, 7) is 3.55. The van der Waals surface area contributed by atoms with Crippen molar-refractivity contribution < 1.29 is 29.1 Å². The molecule has 0 bridgehead atoms. The molecule has 14 nitrogen and oxygen atoms in total. The number of rotatable bonds is 17. The van der Waals surface area contributed by atoms with Gasteiger partial charge in [0.05, 0.1) is 6.04 Å². The van der Waals surface area contributed by atoms with Crippen LogP contribution in [-0.2, 0) is 30.4 Å². The number of guanidine groups is 1. The Morgan fingerprint density at radius 2 is 1.49 bits per heavy atom. The van der Waals surface area contributed by atoms with E-state index in [1.54, 1.807) is 44.2 Å². The Morgan fingerprint density at radius 1 is 0.872 bits per heavy atom. The number of carbonyl (C=O) groups excluding carboxylic acids is 4. The third-order valence-corrected chi connectivity index (χ3v) is 5.76. The third-order valence-electron chi connectivity index (χ3n) is 5.76. The zero-order valence-electron chi connectivity index (χ0n) is 22.3. The molecule has 0 aromatic heterocycles. The fourth-order valence-electron chi connectivity index (χ4n) is 3.58. The Balaban J connectivity index is 2.99. The SMILES string of the molecule is CC(C)C(NC(=O)C(CCCN=C(N)N)NC(=O)C(N)CCC(N)=O)C(=O)NC(Cc1ccccc1)C(=O)O. The Morgan fingerprint density at radius 3 is 2.03 bits per heavy atom. The fraction of sp³-hybridized carbons (Fsp3) is 0.520. The summed E-state index contributed by atoms with van der Waals surface area (Å²) in [6.07, 6.45) is 0.337. The minimum Gasteiger partial charge on any atom is -0.480 e. The number of carbonyl (C=O) groups is 5. The first-order chi connectivity index (χ1) is 18.3. The highest BCUT2D eigenvalue weighted by atomic mass is 16.4. The maximum absolute atomic E-state index is 13.2. The summed E-state index contributed by atoms with van der Waals surface area (Å²) in [5.74, 6) is -4.45. The molecule has 0 spiro atoms. The van der Waals surface area contributed by atoms with E-state index >= 15 is 0 Å². The van der Waals surface area contributed by atoms with Gasteiger partial charge in [0.2, 0.25) is 23.6 Å². The third kappa shape index (κ3) is 12.7. The van der Waals surface area contributed by atoms with E-state index in [9.17, 15) is 29.1 Å². The second-order valence-electron chi connectivity index (χ2n) is 9.44. The molecule has 0 aliphatic heterocycles. The number of hydrogen-bond donors (Lipinski definition) is 8. The van der Waals surface area contributed by atoms with Crippen molar-refractivity contribution in [3.63, 3.8) is 0 Å². The van der Waals surface area contributed by atoms with Crippen molar-refractivity contribution in [1.29, 1.82) is 0 Å². The molecule has 1 aromatic carbocycles. The molecule has 4 amide bonds. The molecule has 0 heterocycles. The molecule has 1 aromatic rings. The van der Waals surface area contributed by atoms with Crippen molar-refractivity contribution in [1.82, 2.24) is 16.0 Å². The number of hydrogen-bond acceptors (Lipinski definition) is 7. The van der Waals surface area contributed by atoms with Crippen LogP contribution in [-0.4, -0.2) is 71.4 Å². The number of nitrogens with one attached hydrogen (secondary N) is 3. The molecule has 4 unspecified atom stereocenters. The molecular formula is C25H40N8O6. The average Bonchev–Trinajstić information content (AvgIpc) is 2.86. The van der Waals surface area contributed by atoms with Gasteiger partial charge in [-0.15, -0.1) is 0 Å². The monoisotopic (exact) mass is 548 g/mol. The van der Waals surface area contributed by atoms with Gasteiger partial charge in [0.1, 0.15) is 18.1 Å². The first-order valence-corrected chi connectivity index (χ1v) is 12.6. The minimum atomic E-state index is -1.23. The van der Waals surface area contributed by atoms with Gasteiger partial charge >= 0.3 is 5.97 Å². The molecule has 0 aliphatic rings. The van der Waals surface area contributed by atoms with Crippen LogP contribution >= 0.6 is 0 Å². The number of carboxylic acids is 1. The number of primary amides is 1. The highest BCUT2D eigenvalue weighted by Crippen LogP contribution is 2.09. The zero-order chi connectivity index (χ0) is 29.5. The summed E-state index contributed by atoms with van der Waals surface area (Å²) < 4.78 is 0. The summed E-state index contributed by atoms with van der Waals surface area (Å²) in [4.78, 5) is 65.5. The van der Waals surface area contributed by atoms with E-state index in [1.165, 1.54) is 0 Å². The molecule has 4 atom stereocenters. The van der Waals surface area contributed by atoms with Crippen LogP contribution < -0.4 is 38.9 Å². The quantitative estimate of drug-likeness (QED) is 0.0611. The lowest BCUT2D eigenvalue weighted by molar-refractivity contribution is -0.142. The minimum absolute atomic E-state index is 0.0154. The number of nitrogens with two attached hydrogens (primary N) is 4. The van der Waals surface area contributed by atoms with E-state index in [0.29, 0.717) is 12.0 Å². The number of amides is 4. The maximum atomic E-state index is 13.2. The maximum Gasteiger partial charge on any atom is 0.326 e. The van der Waals surface area contributed by atoms with Crippen LogP contribution in [0.1, 0.15) is 45.1 Å².